The Balaban J connectivity index is 1.75. The van der Waals surface area contributed by atoms with E-state index in [1.54, 1.807) is 0 Å². The Hall–Kier alpha value is -0.820. The van der Waals surface area contributed by atoms with Gasteiger partial charge in [0.25, 0.3) is 0 Å². The van der Waals surface area contributed by atoms with Crippen molar-refractivity contribution in [1.82, 2.24) is 0 Å². The van der Waals surface area contributed by atoms with Crippen molar-refractivity contribution in [2.24, 2.45) is 5.41 Å². The van der Waals surface area contributed by atoms with Crippen molar-refractivity contribution in [3.05, 3.63) is 35.9 Å². The predicted molar refractivity (Wildman–Crippen MR) is 65.1 cm³/mol. The lowest BCUT2D eigenvalue weighted by atomic mass is 9.52. The van der Waals surface area contributed by atoms with E-state index < -0.39 is 5.60 Å². The Kier molecular flexibility index (Phi) is 2.32. The number of rotatable bonds is 1. The van der Waals surface area contributed by atoms with E-state index in [1.807, 2.05) is 18.2 Å². The van der Waals surface area contributed by atoms with Crippen LogP contribution in [0.15, 0.2) is 30.3 Å². The first kappa shape index (κ1) is 10.3. The van der Waals surface area contributed by atoms with Gasteiger partial charge in [-0.15, -0.1) is 0 Å². The topological polar surface area (TPSA) is 20.2 Å². The van der Waals surface area contributed by atoms with Crippen LogP contribution in [0.1, 0.15) is 50.5 Å². The maximum Gasteiger partial charge on any atom is 0.0907 e. The van der Waals surface area contributed by atoms with Gasteiger partial charge in [0.05, 0.1) is 5.60 Å². The fourth-order valence-electron chi connectivity index (χ4n) is 3.80. The quantitative estimate of drug-likeness (QED) is 0.760. The van der Waals surface area contributed by atoms with Crippen LogP contribution in [0.2, 0.25) is 0 Å². The minimum atomic E-state index is -0.515. The van der Waals surface area contributed by atoms with Crippen molar-refractivity contribution in [2.45, 2.75) is 50.5 Å². The smallest absolute Gasteiger partial charge is 0.0907 e. The Morgan fingerprint density at radius 2 is 1.50 bits per heavy atom. The minimum Gasteiger partial charge on any atom is -0.385 e. The Morgan fingerprint density at radius 1 is 0.875 bits per heavy atom. The molecule has 2 aliphatic carbocycles. The molecule has 0 unspecified atom stereocenters. The minimum absolute atomic E-state index is 0.489. The van der Waals surface area contributed by atoms with Crippen molar-refractivity contribution < 1.29 is 5.11 Å². The molecular weight excluding hydrogens is 196 g/mol. The summed E-state index contributed by atoms with van der Waals surface area (Å²) < 4.78 is 0. The molecule has 1 aromatic carbocycles. The van der Waals surface area contributed by atoms with E-state index in [1.165, 1.54) is 32.1 Å². The van der Waals surface area contributed by atoms with Gasteiger partial charge in [-0.1, -0.05) is 49.6 Å². The van der Waals surface area contributed by atoms with Crippen LogP contribution >= 0.6 is 0 Å². The highest BCUT2D eigenvalue weighted by Crippen LogP contribution is 2.60. The van der Waals surface area contributed by atoms with Crippen LogP contribution in [0, 0.1) is 5.41 Å². The van der Waals surface area contributed by atoms with Crippen LogP contribution in [0.4, 0.5) is 0 Å². The first-order chi connectivity index (χ1) is 7.73. The molecule has 2 aliphatic rings. The van der Waals surface area contributed by atoms with E-state index in [0.717, 1.165) is 18.4 Å². The summed E-state index contributed by atoms with van der Waals surface area (Å²) in [6.45, 7) is 0. The van der Waals surface area contributed by atoms with Crippen molar-refractivity contribution in [2.75, 3.05) is 0 Å². The summed E-state index contributed by atoms with van der Waals surface area (Å²) in [7, 11) is 0. The molecule has 0 heterocycles. The van der Waals surface area contributed by atoms with E-state index >= 15 is 0 Å². The van der Waals surface area contributed by atoms with E-state index in [0.29, 0.717) is 5.41 Å². The molecular formula is C15H20O. The van der Waals surface area contributed by atoms with Gasteiger partial charge in [0.1, 0.15) is 0 Å². The molecule has 1 heteroatoms. The van der Waals surface area contributed by atoms with E-state index in [2.05, 4.69) is 12.1 Å². The highest BCUT2D eigenvalue weighted by molar-refractivity contribution is 5.27. The molecule has 0 aliphatic heterocycles. The highest BCUT2D eigenvalue weighted by Gasteiger charge is 2.54. The van der Waals surface area contributed by atoms with E-state index in [-0.39, 0.29) is 0 Å². The zero-order chi connectivity index (χ0) is 11.1. The number of benzene rings is 1. The maximum atomic E-state index is 10.6. The van der Waals surface area contributed by atoms with Crippen LogP contribution in [-0.4, -0.2) is 5.11 Å². The SMILES string of the molecule is OC1(c2ccccc2)CC2(CCCCC2)C1. The summed E-state index contributed by atoms with van der Waals surface area (Å²) in [6.07, 6.45) is 8.78. The number of hydrogen-bond donors (Lipinski definition) is 1. The van der Waals surface area contributed by atoms with Gasteiger partial charge in [0, 0.05) is 0 Å². The first-order valence-corrected chi connectivity index (χ1v) is 6.51. The normalized spacial score (nSPS) is 26.3. The van der Waals surface area contributed by atoms with Gasteiger partial charge >= 0.3 is 0 Å². The molecule has 86 valence electrons. The monoisotopic (exact) mass is 216 g/mol. The Labute approximate surface area is 97.5 Å². The van der Waals surface area contributed by atoms with Crippen molar-refractivity contribution >= 4 is 0 Å². The summed E-state index contributed by atoms with van der Waals surface area (Å²) in [6, 6.07) is 10.2. The molecule has 0 radical (unpaired) electrons. The summed E-state index contributed by atoms with van der Waals surface area (Å²) in [4.78, 5) is 0. The third-order valence-electron chi connectivity index (χ3n) is 4.56. The second kappa shape index (κ2) is 3.59. The van der Waals surface area contributed by atoms with Crippen LogP contribution in [-0.2, 0) is 5.60 Å². The maximum absolute atomic E-state index is 10.6. The largest absolute Gasteiger partial charge is 0.385 e. The van der Waals surface area contributed by atoms with Gasteiger partial charge in [-0.3, -0.25) is 0 Å². The van der Waals surface area contributed by atoms with Crippen LogP contribution in [0.3, 0.4) is 0 Å². The van der Waals surface area contributed by atoms with E-state index in [4.69, 9.17) is 0 Å². The standard InChI is InChI=1S/C15H20O/c16-15(13-7-3-1-4-8-13)11-14(12-15)9-5-2-6-10-14/h1,3-4,7-8,16H,2,5-6,9-12H2. The second-order valence-corrected chi connectivity index (χ2v) is 5.81. The van der Waals surface area contributed by atoms with Gasteiger partial charge < -0.3 is 5.11 Å². The average Bonchev–Trinajstić information content (AvgIpc) is 2.30. The molecule has 1 N–H and O–H groups in total. The fraction of sp³-hybridized carbons (Fsp3) is 0.600. The third kappa shape index (κ3) is 1.58. The summed E-state index contributed by atoms with van der Waals surface area (Å²) >= 11 is 0. The first-order valence-electron chi connectivity index (χ1n) is 6.51. The van der Waals surface area contributed by atoms with Gasteiger partial charge in [-0.25, -0.2) is 0 Å². The van der Waals surface area contributed by atoms with Gasteiger partial charge in [0.15, 0.2) is 0 Å². The van der Waals surface area contributed by atoms with Crippen molar-refractivity contribution in [3.63, 3.8) is 0 Å². The van der Waals surface area contributed by atoms with Gasteiger partial charge in [0.2, 0.25) is 0 Å². The predicted octanol–water partition coefficient (Wildman–Crippen LogP) is 3.62. The summed E-state index contributed by atoms with van der Waals surface area (Å²) in [5.74, 6) is 0. The van der Waals surface area contributed by atoms with Crippen molar-refractivity contribution in [3.8, 4) is 0 Å². The molecule has 0 saturated heterocycles. The van der Waals surface area contributed by atoms with E-state index in [9.17, 15) is 5.11 Å². The molecule has 0 atom stereocenters. The third-order valence-corrected chi connectivity index (χ3v) is 4.56. The fourth-order valence-corrected chi connectivity index (χ4v) is 3.80. The number of aliphatic hydroxyl groups is 1. The molecule has 2 fully saturated rings. The summed E-state index contributed by atoms with van der Waals surface area (Å²) in [5, 5.41) is 10.6. The molecule has 0 aromatic heterocycles. The molecule has 1 aromatic rings. The summed E-state index contributed by atoms with van der Waals surface area (Å²) in [5.41, 5.74) is 1.09. The molecule has 16 heavy (non-hydrogen) atoms. The highest BCUT2D eigenvalue weighted by atomic mass is 16.3. The Morgan fingerprint density at radius 3 is 2.12 bits per heavy atom. The lowest BCUT2D eigenvalue weighted by molar-refractivity contribution is -0.149. The molecule has 1 nitrogen and oxygen atoms in total. The molecule has 2 saturated carbocycles. The Bertz CT molecular complexity index is 354. The van der Waals surface area contributed by atoms with Crippen LogP contribution in [0.25, 0.3) is 0 Å². The molecule has 0 amide bonds. The zero-order valence-corrected chi connectivity index (χ0v) is 9.78. The lowest BCUT2D eigenvalue weighted by Gasteiger charge is -2.55. The van der Waals surface area contributed by atoms with Crippen LogP contribution < -0.4 is 0 Å². The second-order valence-electron chi connectivity index (χ2n) is 5.81. The average molecular weight is 216 g/mol. The van der Waals surface area contributed by atoms with Crippen LogP contribution in [0.5, 0.6) is 0 Å². The lowest BCUT2D eigenvalue weighted by Crippen LogP contribution is -2.50. The molecule has 0 bridgehead atoms. The number of hydrogen-bond acceptors (Lipinski definition) is 1. The zero-order valence-electron chi connectivity index (χ0n) is 9.78. The van der Waals surface area contributed by atoms with Gasteiger partial charge in [-0.05, 0) is 36.7 Å². The van der Waals surface area contributed by atoms with Gasteiger partial charge in [-0.2, -0.15) is 0 Å². The molecule has 3 rings (SSSR count). The molecule has 1 spiro atoms. The van der Waals surface area contributed by atoms with Crippen molar-refractivity contribution in [1.29, 1.82) is 0 Å².